The lowest BCUT2D eigenvalue weighted by Gasteiger charge is -2.26. The Labute approximate surface area is 408 Å². The Bertz CT molecular complexity index is 1940. The van der Waals surface area contributed by atoms with E-state index in [1.807, 2.05) is 6.92 Å². The Morgan fingerprint density at radius 2 is 1.38 bits per heavy atom. The van der Waals surface area contributed by atoms with Gasteiger partial charge in [-0.1, -0.05) is 65.3 Å². The number of rotatable bonds is 16. The van der Waals surface area contributed by atoms with Gasteiger partial charge in [0.15, 0.2) is 29.1 Å². The molecule has 23 heteroatoms. The number of amides is 5. The highest BCUT2D eigenvalue weighted by Gasteiger charge is 2.35. The number of ketones is 4. The molecule has 20 nitrogen and oxygen atoms in total. The zero-order valence-electron chi connectivity index (χ0n) is 38.5. The molecule has 2 bridgehead atoms. The topological polar surface area (TPSA) is 341 Å². The van der Waals surface area contributed by atoms with Crippen LogP contribution in [-0.4, -0.2) is 137 Å². The summed E-state index contributed by atoms with van der Waals surface area (Å²) in [4.78, 5) is 141. The molecule has 0 saturated carbocycles. The van der Waals surface area contributed by atoms with Crippen molar-refractivity contribution in [3.63, 3.8) is 0 Å². The number of nitrogens with zero attached hydrogens (tertiary/aromatic N) is 1. The highest BCUT2D eigenvalue weighted by atomic mass is 33.1. The van der Waals surface area contributed by atoms with Crippen molar-refractivity contribution in [1.29, 1.82) is 0 Å². The monoisotopic (exact) mass is 1010 g/mol. The zero-order chi connectivity index (χ0) is 50.0. The number of guanidine groups is 1. The van der Waals surface area contributed by atoms with Crippen LogP contribution in [0.4, 0.5) is 0 Å². The average Bonchev–Trinajstić information content (AvgIpc) is 3.29. The molecule has 0 aromatic heterocycles. The van der Waals surface area contributed by atoms with Crippen LogP contribution in [0.3, 0.4) is 0 Å². The van der Waals surface area contributed by atoms with E-state index in [0.29, 0.717) is 37.8 Å². The van der Waals surface area contributed by atoms with Gasteiger partial charge in [-0.2, -0.15) is 0 Å². The third kappa shape index (κ3) is 21.5. The normalized spacial score (nSPS) is 24.8. The fraction of sp³-hybridized carbons (Fsp3) is 0.622. The predicted octanol–water partition coefficient (Wildman–Crippen LogP) is 0.569. The van der Waals surface area contributed by atoms with E-state index in [9.17, 15) is 53.1 Å². The third-order valence-corrected chi connectivity index (χ3v) is 14.7. The van der Waals surface area contributed by atoms with Crippen LogP contribution in [0.5, 0.6) is 0 Å². The number of fused-ring (bicyclic) bond motifs is 5. The van der Waals surface area contributed by atoms with Gasteiger partial charge in [0.05, 0.1) is 42.8 Å². The fourth-order valence-electron chi connectivity index (χ4n) is 7.46. The molecule has 2 saturated heterocycles. The molecule has 2 aliphatic rings. The highest BCUT2D eigenvalue weighted by molar-refractivity contribution is 8.76. The van der Waals surface area contributed by atoms with E-state index >= 15 is 0 Å². The van der Waals surface area contributed by atoms with Gasteiger partial charge in [0, 0.05) is 61.3 Å². The molecular formula is C45H67N9O11S3. The van der Waals surface area contributed by atoms with Crippen LogP contribution in [0.15, 0.2) is 35.3 Å². The minimum absolute atomic E-state index is 0.00867. The molecule has 0 unspecified atom stereocenters. The van der Waals surface area contributed by atoms with Crippen molar-refractivity contribution in [3.05, 3.63) is 35.9 Å². The van der Waals surface area contributed by atoms with E-state index in [1.54, 1.807) is 30.3 Å². The summed E-state index contributed by atoms with van der Waals surface area (Å²) in [6, 6.07) is 4.15. The molecule has 5 amide bonds. The van der Waals surface area contributed by atoms with Gasteiger partial charge in [-0.25, -0.2) is 0 Å². The SMILES string of the molecule is CCCCC(=O)[C@@H]1CSCC(=O)N[C@@H](CCCCN)C(=O)N[C@H]2CSSC[C@H](NC(=O)[C@H](CC(=O)O)CC(=O)CNC(=O)[C@H](CCCN=C(N)N)CC2=O)C(=O)C[C@@H](Cc2ccccc2)C(=O)N1. The van der Waals surface area contributed by atoms with Gasteiger partial charge in [0.25, 0.3) is 0 Å². The standard InChI is InChI=1S/C45H67N9O11S3/c1-2-3-14-36(56)33-23-66-26-39(59)51-32(13-7-8-15-46)44(65)54-35-25-68-67-24-34(38(58)20-29(42(63)52-33)17-27-10-5-4-6-11-27)53-43(64)30(21-40(60)61)18-31(55)22-50-41(62)28(19-37(35)57)12-9-16-49-45(47)48/h4-6,10-11,28-30,32-35H,2-3,7-9,12-26,46H2,1H3,(H,50,62)(H,51,59)(H,52,63)(H,53,64)(H,54,65)(H,60,61)(H4,47,48,49)/t28-,29-,30+,32+,33+,34+,35+/m1/s1. The van der Waals surface area contributed by atoms with E-state index < -0.39 is 127 Å². The molecule has 3 rings (SSSR count). The van der Waals surface area contributed by atoms with Gasteiger partial charge in [-0.15, -0.1) is 11.8 Å². The van der Waals surface area contributed by atoms with E-state index in [1.165, 1.54) is 0 Å². The first-order valence-electron chi connectivity index (χ1n) is 22.9. The predicted molar refractivity (Wildman–Crippen MR) is 262 cm³/mol. The number of aliphatic carboxylic acids is 1. The molecule has 2 aliphatic heterocycles. The number of unbranched alkanes of at least 4 members (excludes halogenated alkanes) is 2. The van der Waals surface area contributed by atoms with Crippen LogP contribution in [0.2, 0.25) is 0 Å². The maximum Gasteiger partial charge on any atom is 0.304 e. The Kier molecular flexibility index (Phi) is 26.3. The van der Waals surface area contributed by atoms with Crippen molar-refractivity contribution in [1.82, 2.24) is 26.6 Å². The summed E-state index contributed by atoms with van der Waals surface area (Å²) >= 11 is 1.07. The summed E-state index contributed by atoms with van der Waals surface area (Å²) in [5.74, 6) is -11.1. The molecule has 0 spiro atoms. The number of hydrogen-bond donors (Lipinski definition) is 9. The zero-order valence-corrected chi connectivity index (χ0v) is 41.0. The van der Waals surface area contributed by atoms with Gasteiger partial charge < -0.3 is 48.9 Å². The molecule has 0 radical (unpaired) electrons. The van der Waals surface area contributed by atoms with Gasteiger partial charge in [-0.05, 0) is 57.1 Å². The smallest absolute Gasteiger partial charge is 0.304 e. The van der Waals surface area contributed by atoms with Crippen molar-refractivity contribution in [2.75, 3.05) is 42.6 Å². The van der Waals surface area contributed by atoms with E-state index in [-0.39, 0.29) is 73.4 Å². The average molecular weight is 1010 g/mol. The first-order chi connectivity index (χ1) is 32.5. The van der Waals surface area contributed by atoms with E-state index in [2.05, 4.69) is 31.6 Å². The molecule has 1 aromatic carbocycles. The Hall–Kier alpha value is -5.00. The lowest BCUT2D eigenvalue weighted by molar-refractivity contribution is -0.142. The number of aliphatic imine (C=N–C) groups is 1. The molecule has 1 aromatic rings. The Balaban J connectivity index is 2.16. The van der Waals surface area contributed by atoms with E-state index in [4.69, 9.17) is 17.2 Å². The molecule has 2 heterocycles. The number of thioether (sulfide) groups is 1. The molecule has 2 fully saturated rings. The number of nitrogens with two attached hydrogens (primary N) is 3. The van der Waals surface area contributed by atoms with Crippen LogP contribution >= 0.6 is 33.3 Å². The van der Waals surface area contributed by atoms with Crippen molar-refractivity contribution in [3.8, 4) is 0 Å². The second-order valence-corrected chi connectivity index (χ2v) is 20.5. The molecular weight excluding hydrogens is 939 g/mol. The Morgan fingerprint density at radius 1 is 0.735 bits per heavy atom. The molecule has 7 atom stereocenters. The minimum atomic E-state index is -1.45. The molecule has 12 N–H and O–H groups in total. The van der Waals surface area contributed by atoms with Gasteiger partial charge in [0.1, 0.15) is 6.04 Å². The number of carboxylic acids is 1. The number of nitrogens with one attached hydrogen (secondary N) is 5. The highest BCUT2D eigenvalue weighted by Crippen LogP contribution is 2.27. The summed E-state index contributed by atoms with van der Waals surface area (Å²) in [7, 11) is 2.13. The second-order valence-electron chi connectivity index (χ2n) is 16.9. The lowest BCUT2D eigenvalue weighted by Crippen LogP contribution is -2.53. The largest absolute Gasteiger partial charge is 0.481 e. The summed E-state index contributed by atoms with van der Waals surface area (Å²) < 4.78 is 0. The minimum Gasteiger partial charge on any atom is -0.481 e. The van der Waals surface area contributed by atoms with Crippen LogP contribution in [-0.2, 0) is 54.4 Å². The van der Waals surface area contributed by atoms with Crippen LogP contribution in [0.1, 0.15) is 89.5 Å². The van der Waals surface area contributed by atoms with Gasteiger partial charge >= 0.3 is 5.97 Å². The number of carbonyl (C=O) groups is 10. The number of benzene rings is 1. The van der Waals surface area contributed by atoms with E-state index in [0.717, 1.165) is 33.3 Å². The quantitative estimate of drug-likeness (QED) is 0.0473. The van der Waals surface area contributed by atoms with Crippen LogP contribution in [0.25, 0.3) is 0 Å². The van der Waals surface area contributed by atoms with Crippen molar-refractivity contribution in [2.45, 2.75) is 115 Å². The van der Waals surface area contributed by atoms with Crippen molar-refractivity contribution in [2.24, 2.45) is 39.9 Å². The molecule has 68 heavy (non-hydrogen) atoms. The van der Waals surface area contributed by atoms with Gasteiger partial charge in [-0.3, -0.25) is 52.9 Å². The number of carboxylic acid groups (broad SMARTS) is 1. The second kappa shape index (κ2) is 31.2. The van der Waals surface area contributed by atoms with Crippen molar-refractivity contribution < 1.29 is 53.1 Å². The third-order valence-electron chi connectivity index (χ3n) is 11.3. The van der Waals surface area contributed by atoms with Crippen LogP contribution < -0.4 is 43.8 Å². The first-order valence-corrected chi connectivity index (χ1v) is 26.6. The number of Topliss-reactive ketones (excluding diaryl/α,β-unsaturated/α-hetero) is 4. The summed E-state index contributed by atoms with van der Waals surface area (Å²) in [5.41, 5.74) is 17.4. The van der Waals surface area contributed by atoms with Gasteiger partial charge in [0.2, 0.25) is 29.5 Å². The number of hydrogen-bond acceptors (Lipinski definition) is 15. The Morgan fingerprint density at radius 3 is 2.01 bits per heavy atom. The molecule has 376 valence electrons. The summed E-state index contributed by atoms with van der Waals surface area (Å²) in [6.07, 6.45) is 0.717. The van der Waals surface area contributed by atoms with Crippen LogP contribution in [0, 0.1) is 17.8 Å². The maximum atomic E-state index is 14.5. The fourth-order valence-corrected chi connectivity index (χ4v) is 10.8. The summed E-state index contributed by atoms with van der Waals surface area (Å²) in [6.45, 7) is 1.74. The lowest BCUT2D eigenvalue weighted by atomic mass is 9.90. The number of carbonyl (C=O) groups excluding carboxylic acids is 9. The first kappa shape index (κ1) is 57.3. The summed E-state index contributed by atoms with van der Waals surface area (Å²) in [5, 5.41) is 23.3. The molecule has 0 aliphatic carbocycles. The van der Waals surface area contributed by atoms with Crippen molar-refractivity contribution >= 4 is 97.9 Å². The maximum absolute atomic E-state index is 14.5.